The zero-order valence-electron chi connectivity index (χ0n) is 13.1. The summed E-state index contributed by atoms with van der Waals surface area (Å²) < 4.78 is 6.43. The summed E-state index contributed by atoms with van der Waals surface area (Å²) in [5, 5.41) is 17.9. The number of benzene rings is 2. The minimum Gasteiger partial charge on any atom is -0.495 e. The van der Waals surface area contributed by atoms with Crippen LogP contribution < -0.4 is 10.1 Å². The van der Waals surface area contributed by atoms with Gasteiger partial charge in [-0.1, -0.05) is 12.1 Å². The van der Waals surface area contributed by atoms with Crippen molar-refractivity contribution in [1.82, 2.24) is 14.8 Å². The second kappa shape index (κ2) is 6.79. The van der Waals surface area contributed by atoms with E-state index in [1.54, 1.807) is 24.3 Å². The predicted molar refractivity (Wildman–Crippen MR) is 89.0 cm³/mol. The molecule has 0 spiro atoms. The van der Waals surface area contributed by atoms with Crippen molar-refractivity contribution < 1.29 is 14.5 Å². The van der Waals surface area contributed by atoms with Gasteiger partial charge in [0.05, 0.1) is 17.7 Å². The summed E-state index contributed by atoms with van der Waals surface area (Å²) in [5.41, 5.74) is 0.578. The Balaban J connectivity index is 1.93. The fourth-order valence-corrected chi connectivity index (χ4v) is 2.28. The van der Waals surface area contributed by atoms with Gasteiger partial charge in [-0.05, 0) is 24.3 Å². The van der Waals surface area contributed by atoms with Gasteiger partial charge in [0.25, 0.3) is 11.6 Å². The van der Waals surface area contributed by atoms with Crippen LogP contribution in [-0.2, 0) is 0 Å². The van der Waals surface area contributed by atoms with Crippen LogP contribution in [0.4, 0.5) is 11.4 Å². The molecule has 0 aliphatic carbocycles. The summed E-state index contributed by atoms with van der Waals surface area (Å²) in [4.78, 5) is 27.0. The molecular weight excluding hydrogens is 326 g/mol. The number of para-hydroxylation sites is 2. The number of nitrogens with one attached hydrogen (secondary N) is 1. The second-order valence-electron chi connectivity index (χ2n) is 4.96. The van der Waals surface area contributed by atoms with Gasteiger partial charge in [0.15, 0.2) is 0 Å². The molecule has 1 aromatic heterocycles. The van der Waals surface area contributed by atoms with E-state index < -0.39 is 10.8 Å². The monoisotopic (exact) mass is 339 g/mol. The number of amides is 1. The first-order valence-corrected chi connectivity index (χ1v) is 7.18. The van der Waals surface area contributed by atoms with Crippen molar-refractivity contribution in [1.29, 1.82) is 0 Å². The molecule has 0 bridgehead atoms. The third-order valence-electron chi connectivity index (χ3n) is 3.46. The largest absolute Gasteiger partial charge is 0.495 e. The molecule has 25 heavy (non-hydrogen) atoms. The Hall–Kier alpha value is -3.75. The molecule has 9 nitrogen and oxygen atoms in total. The number of nitrogens with zero attached hydrogens (tertiary/aromatic N) is 4. The van der Waals surface area contributed by atoms with Crippen LogP contribution in [0.3, 0.4) is 0 Å². The van der Waals surface area contributed by atoms with Crippen molar-refractivity contribution >= 4 is 17.3 Å². The van der Waals surface area contributed by atoms with Gasteiger partial charge < -0.3 is 10.1 Å². The fraction of sp³-hybridized carbons (Fsp3) is 0.0625. The van der Waals surface area contributed by atoms with Crippen LogP contribution in [0.2, 0.25) is 0 Å². The van der Waals surface area contributed by atoms with Gasteiger partial charge in [-0.25, -0.2) is 9.67 Å². The summed E-state index contributed by atoms with van der Waals surface area (Å²) in [6.45, 7) is 0. The number of methoxy groups -OCH3 is 1. The van der Waals surface area contributed by atoms with E-state index in [1.165, 1.54) is 42.6 Å². The first-order chi connectivity index (χ1) is 12.1. The molecule has 0 aliphatic heterocycles. The molecule has 0 atom stereocenters. The molecule has 0 aliphatic rings. The average Bonchev–Trinajstić information content (AvgIpc) is 3.16. The smallest absolute Gasteiger partial charge is 0.295 e. The number of nitro groups is 1. The quantitative estimate of drug-likeness (QED) is 0.564. The molecule has 0 saturated carbocycles. The van der Waals surface area contributed by atoms with Crippen LogP contribution in [0.15, 0.2) is 55.1 Å². The van der Waals surface area contributed by atoms with Crippen LogP contribution in [0, 0.1) is 10.1 Å². The molecule has 1 heterocycles. The summed E-state index contributed by atoms with van der Waals surface area (Å²) in [7, 11) is 1.49. The summed E-state index contributed by atoms with van der Waals surface area (Å²) in [6, 6.07) is 11.0. The first-order valence-electron chi connectivity index (χ1n) is 7.18. The van der Waals surface area contributed by atoms with Crippen LogP contribution >= 0.6 is 0 Å². The molecular formula is C16H13N5O4. The number of carbonyl (C=O) groups is 1. The molecule has 1 N–H and O–H groups in total. The van der Waals surface area contributed by atoms with Crippen molar-refractivity contribution in [3.63, 3.8) is 0 Å². The van der Waals surface area contributed by atoms with E-state index in [0.717, 1.165) is 0 Å². The standard InChI is InChI=1S/C16H13N5O4/c1-25-15-5-3-2-4-12(15)19-16(22)11-6-7-13(14(8-11)21(23)24)20-10-17-9-18-20/h2-10H,1H3,(H,19,22). The zero-order valence-corrected chi connectivity index (χ0v) is 13.1. The van der Waals surface area contributed by atoms with Crippen LogP contribution in [0.1, 0.15) is 10.4 Å². The normalized spacial score (nSPS) is 10.3. The maximum Gasteiger partial charge on any atom is 0.295 e. The highest BCUT2D eigenvalue weighted by molar-refractivity contribution is 6.05. The number of rotatable bonds is 5. The molecule has 3 rings (SSSR count). The topological polar surface area (TPSA) is 112 Å². The molecule has 3 aromatic rings. The number of hydrogen-bond donors (Lipinski definition) is 1. The number of ether oxygens (including phenoxy) is 1. The summed E-state index contributed by atoms with van der Waals surface area (Å²) in [6.07, 6.45) is 2.61. The average molecular weight is 339 g/mol. The highest BCUT2D eigenvalue weighted by atomic mass is 16.6. The van der Waals surface area contributed by atoms with Gasteiger partial charge in [-0.15, -0.1) is 0 Å². The predicted octanol–water partition coefficient (Wildman–Crippen LogP) is 2.44. The lowest BCUT2D eigenvalue weighted by atomic mass is 10.1. The van der Waals surface area contributed by atoms with Gasteiger partial charge >= 0.3 is 0 Å². The number of hydrogen-bond acceptors (Lipinski definition) is 6. The summed E-state index contributed by atoms with van der Waals surface area (Å²) >= 11 is 0. The van der Waals surface area contributed by atoms with E-state index in [4.69, 9.17) is 4.74 Å². The molecule has 0 unspecified atom stereocenters. The van der Waals surface area contributed by atoms with Gasteiger partial charge in [-0.3, -0.25) is 14.9 Å². The third kappa shape index (κ3) is 3.29. The Morgan fingerprint density at radius 1 is 1.28 bits per heavy atom. The van der Waals surface area contributed by atoms with E-state index in [1.807, 2.05) is 0 Å². The number of carbonyl (C=O) groups excluding carboxylic acids is 1. The van der Waals surface area contributed by atoms with E-state index >= 15 is 0 Å². The van der Waals surface area contributed by atoms with Gasteiger partial charge in [0.1, 0.15) is 24.1 Å². The van der Waals surface area contributed by atoms with Crippen molar-refractivity contribution in [3.05, 3.63) is 70.8 Å². The lowest BCUT2D eigenvalue weighted by Crippen LogP contribution is -2.13. The van der Waals surface area contributed by atoms with E-state index in [0.29, 0.717) is 11.4 Å². The van der Waals surface area contributed by atoms with Gasteiger partial charge in [-0.2, -0.15) is 5.10 Å². The molecule has 2 aromatic carbocycles. The fourth-order valence-electron chi connectivity index (χ4n) is 2.28. The highest BCUT2D eigenvalue weighted by Gasteiger charge is 2.20. The van der Waals surface area contributed by atoms with Gasteiger partial charge in [0, 0.05) is 11.6 Å². The lowest BCUT2D eigenvalue weighted by Gasteiger charge is -2.10. The van der Waals surface area contributed by atoms with Crippen LogP contribution in [0.25, 0.3) is 5.69 Å². The maximum atomic E-state index is 12.4. The Bertz CT molecular complexity index is 924. The van der Waals surface area contributed by atoms with Crippen molar-refractivity contribution in [2.24, 2.45) is 0 Å². The van der Waals surface area contributed by atoms with E-state index in [-0.39, 0.29) is 16.9 Å². The molecule has 9 heteroatoms. The van der Waals surface area contributed by atoms with Gasteiger partial charge in [0.2, 0.25) is 0 Å². The molecule has 1 amide bonds. The first kappa shape index (κ1) is 16.1. The minimum absolute atomic E-state index is 0.140. The highest BCUT2D eigenvalue weighted by Crippen LogP contribution is 2.26. The maximum absolute atomic E-state index is 12.4. The Labute approximate surface area is 142 Å². The Kier molecular flexibility index (Phi) is 4.38. The van der Waals surface area contributed by atoms with E-state index in [2.05, 4.69) is 15.4 Å². The Morgan fingerprint density at radius 3 is 2.76 bits per heavy atom. The van der Waals surface area contributed by atoms with Crippen molar-refractivity contribution in [2.45, 2.75) is 0 Å². The van der Waals surface area contributed by atoms with E-state index in [9.17, 15) is 14.9 Å². The lowest BCUT2D eigenvalue weighted by molar-refractivity contribution is -0.384. The number of anilines is 1. The summed E-state index contributed by atoms with van der Waals surface area (Å²) in [5.74, 6) is 0.00215. The molecule has 0 saturated heterocycles. The Morgan fingerprint density at radius 2 is 2.08 bits per heavy atom. The molecule has 126 valence electrons. The zero-order chi connectivity index (χ0) is 17.8. The van der Waals surface area contributed by atoms with Crippen LogP contribution in [-0.4, -0.2) is 32.7 Å². The molecule has 0 fully saturated rings. The molecule has 0 radical (unpaired) electrons. The second-order valence-corrected chi connectivity index (χ2v) is 4.96. The van der Waals surface area contributed by atoms with Crippen molar-refractivity contribution in [3.8, 4) is 11.4 Å². The number of aromatic nitrogens is 3. The number of nitro benzene ring substituents is 1. The SMILES string of the molecule is COc1ccccc1NC(=O)c1ccc(-n2cncn2)c([N+](=O)[O-])c1. The third-order valence-corrected chi connectivity index (χ3v) is 3.46. The van der Waals surface area contributed by atoms with Crippen molar-refractivity contribution in [2.75, 3.05) is 12.4 Å². The van der Waals surface area contributed by atoms with Crippen LogP contribution in [0.5, 0.6) is 5.75 Å². The minimum atomic E-state index is -0.573.